The Morgan fingerprint density at radius 3 is 2.70 bits per heavy atom. The van der Waals surface area contributed by atoms with Crippen LogP contribution in [0, 0.1) is 5.82 Å². The first kappa shape index (κ1) is 17.5. The number of hydrogen-bond acceptors (Lipinski definition) is 6. The van der Waals surface area contributed by atoms with Crippen LogP contribution in [-0.2, 0) is 12.3 Å². The molecule has 0 fully saturated rings. The van der Waals surface area contributed by atoms with E-state index in [9.17, 15) is 4.39 Å². The summed E-state index contributed by atoms with van der Waals surface area (Å²) in [5.74, 6) is 1.76. The molecule has 0 aliphatic rings. The van der Waals surface area contributed by atoms with E-state index in [4.69, 9.17) is 4.74 Å². The Balaban J connectivity index is 1.61. The van der Waals surface area contributed by atoms with Gasteiger partial charge in [-0.3, -0.25) is 0 Å². The van der Waals surface area contributed by atoms with Crippen molar-refractivity contribution in [1.29, 1.82) is 0 Å². The second kappa shape index (κ2) is 7.36. The monoisotopic (exact) mass is 384 g/mol. The Morgan fingerprint density at radius 1 is 1.15 bits per heavy atom. The van der Waals surface area contributed by atoms with E-state index < -0.39 is 0 Å². The minimum atomic E-state index is -0.311. The van der Waals surface area contributed by atoms with Gasteiger partial charge in [0.2, 0.25) is 5.16 Å². The zero-order chi connectivity index (χ0) is 18.8. The highest BCUT2D eigenvalue weighted by molar-refractivity contribution is 7.98. The Kier molecular flexibility index (Phi) is 4.76. The van der Waals surface area contributed by atoms with E-state index in [0.29, 0.717) is 23.0 Å². The van der Waals surface area contributed by atoms with Crippen molar-refractivity contribution in [2.45, 2.75) is 24.4 Å². The van der Waals surface area contributed by atoms with Gasteiger partial charge in [0.15, 0.2) is 5.82 Å². The van der Waals surface area contributed by atoms with Crippen LogP contribution in [0.1, 0.15) is 12.7 Å². The molecule has 0 aliphatic heterocycles. The van der Waals surface area contributed by atoms with Crippen LogP contribution < -0.4 is 4.74 Å². The number of aromatic nitrogens is 6. The lowest BCUT2D eigenvalue weighted by molar-refractivity contribution is 0.414. The van der Waals surface area contributed by atoms with E-state index in [-0.39, 0.29) is 5.82 Å². The Hall–Kier alpha value is -2.94. The molecule has 2 heterocycles. The summed E-state index contributed by atoms with van der Waals surface area (Å²) in [5, 5.41) is 12.6. The van der Waals surface area contributed by atoms with Gasteiger partial charge in [0, 0.05) is 6.54 Å². The Labute approximate surface area is 159 Å². The van der Waals surface area contributed by atoms with Crippen LogP contribution in [0.25, 0.3) is 16.7 Å². The third kappa shape index (κ3) is 3.25. The molecule has 27 heavy (non-hydrogen) atoms. The summed E-state index contributed by atoms with van der Waals surface area (Å²) >= 11 is 1.45. The number of imidazole rings is 1. The number of nitrogens with zero attached hydrogens (tertiary/aromatic N) is 6. The summed E-state index contributed by atoms with van der Waals surface area (Å²) < 4.78 is 22.9. The number of ether oxygens (including phenoxy) is 1. The maximum absolute atomic E-state index is 14.0. The van der Waals surface area contributed by atoms with Crippen LogP contribution in [0.5, 0.6) is 5.75 Å². The van der Waals surface area contributed by atoms with Gasteiger partial charge in [-0.2, -0.15) is 4.68 Å². The molecule has 0 atom stereocenters. The first-order chi connectivity index (χ1) is 13.2. The molecule has 0 aliphatic carbocycles. The molecule has 0 saturated heterocycles. The van der Waals surface area contributed by atoms with Crippen molar-refractivity contribution >= 4 is 22.8 Å². The standard InChI is InChI=1S/C18H17FN6OS/c1-3-24-15-6-4-5-14(19)17(15)20-16(24)11-27-18-21-22-23-25(18)12-7-9-13(26-2)10-8-12/h4-10H,3,11H2,1-2H3. The fraction of sp³-hybridized carbons (Fsp3) is 0.222. The van der Waals surface area contributed by atoms with Crippen molar-refractivity contribution in [3.05, 3.63) is 54.1 Å². The van der Waals surface area contributed by atoms with Gasteiger partial charge >= 0.3 is 0 Å². The van der Waals surface area contributed by atoms with Gasteiger partial charge in [-0.05, 0) is 53.7 Å². The minimum Gasteiger partial charge on any atom is -0.497 e. The first-order valence-corrected chi connectivity index (χ1v) is 9.39. The van der Waals surface area contributed by atoms with E-state index in [0.717, 1.165) is 22.8 Å². The van der Waals surface area contributed by atoms with Crippen molar-refractivity contribution in [3.63, 3.8) is 0 Å². The number of methoxy groups -OCH3 is 1. The molecule has 0 amide bonds. The molecule has 0 bridgehead atoms. The summed E-state index contributed by atoms with van der Waals surface area (Å²) in [4.78, 5) is 4.48. The number of tetrazole rings is 1. The van der Waals surface area contributed by atoms with Crippen LogP contribution in [0.4, 0.5) is 4.39 Å². The SMILES string of the molecule is CCn1c(CSc2nnnn2-c2ccc(OC)cc2)nc2c(F)cccc21. The Morgan fingerprint density at radius 2 is 1.96 bits per heavy atom. The lowest BCUT2D eigenvalue weighted by Gasteiger charge is -2.07. The summed E-state index contributed by atoms with van der Waals surface area (Å²) in [6.45, 7) is 2.72. The van der Waals surface area contributed by atoms with Gasteiger partial charge in [0.05, 0.1) is 24.1 Å². The maximum atomic E-state index is 14.0. The summed E-state index contributed by atoms with van der Waals surface area (Å²) in [6, 6.07) is 12.5. The number of hydrogen-bond donors (Lipinski definition) is 0. The van der Waals surface area contributed by atoms with Gasteiger partial charge in [-0.1, -0.05) is 17.8 Å². The maximum Gasteiger partial charge on any atom is 0.214 e. The minimum absolute atomic E-state index is 0.311. The normalized spacial score (nSPS) is 11.2. The van der Waals surface area contributed by atoms with Crippen molar-refractivity contribution in [3.8, 4) is 11.4 Å². The van der Waals surface area contributed by atoms with E-state index in [1.54, 1.807) is 17.9 Å². The van der Waals surface area contributed by atoms with Gasteiger partial charge in [-0.25, -0.2) is 9.37 Å². The zero-order valence-electron chi connectivity index (χ0n) is 14.8. The quantitative estimate of drug-likeness (QED) is 0.474. The topological polar surface area (TPSA) is 70.7 Å². The van der Waals surface area contributed by atoms with Crippen molar-refractivity contribution in [2.75, 3.05) is 7.11 Å². The van der Waals surface area contributed by atoms with Crippen molar-refractivity contribution in [1.82, 2.24) is 29.8 Å². The van der Waals surface area contributed by atoms with E-state index in [1.165, 1.54) is 17.8 Å². The predicted molar refractivity (Wildman–Crippen MR) is 101 cm³/mol. The van der Waals surface area contributed by atoms with Crippen molar-refractivity contribution in [2.24, 2.45) is 0 Å². The number of aryl methyl sites for hydroxylation is 1. The third-order valence-corrected chi connectivity index (χ3v) is 5.13. The van der Waals surface area contributed by atoms with E-state index in [2.05, 4.69) is 20.5 Å². The number of benzene rings is 2. The number of halogens is 1. The molecular formula is C18H17FN6OS. The molecule has 2 aromatic heterocycles. The van der Waals surface area contributed by atoms with Crippen LogP contribution in [-0.4, -0.2) is 36.9 Å². The smallest absolute Gasteiger partial charge is 0.214 e. The lowest BCUT2D eigenvalue weighted by Crippen LogP contribution is -2.02. The highest BCUT2D eigenvalue weighted by Crippen LogP contribution is 2.26. The zero-order valence-corrected chi connectivity index (χ0v) is 15.6. The van der Waals surface area contributed by atoms with Gasteiger partial charge < -0.3 is 9.30 Å². The average Bonchev–Trinajstić information content (AvgIpc) is 3.31. The first-order valence-electron chi connectivity index (χ1n) is 8.40. The number of fused-ring (bicyclic) bond motifs is 1. The molecule has 0 N–H and O–H groups in total. The summed E-state index contributed by atoms with van der Waals surface area (Å²) in [5.41, 5.74) is 2.02. The predicted octanol–water partition coefficient (Wildman–Crippen LogP) is 3.47. The van der Waals surface area contributed by atoms with Gasteiger partial charge in [-0.15, -0.1) is 5.10 Å². The highest BCUT2D eigenvalue weighted by atomic mass is 32.2. The van der Waals surface area contributed by atoms with Gasteiger partial charge in [0.1, 0.15) is 17.1 Å². The molecule has 0 radical (unpaired) electrons. The fourth-order valence-electron chi connectivity index (χ4n) is 2.91. The number of para-hydroxylation sites is 1. The second-order valence-corrected chi connectivity index (χ2v) is 6.68. The van der Waals surface area contributed by atoms with Crippen LogP contribution >= 0.6 is 11.8 Å². The summed E-state index contributed by atoms with van der Waals surface area (Å²) in [7, 11) is 1.62. The molecule has 0 spiro atoms. The molecule has 0 unspecified atom stereocenters. The molecule has 4 rings (SSSR count). The molecule has 0 saturated carbocycles. The van der Waals surface area contributed by atoms with Crippen LogP contribution in [0.3, 0.4) is 0 Å². The number of thioether (sulfide) groups is 1. The second-order valence-electron chi connectivity index (χ2n) is 5.74. The Bertz CT molecular complexity index is 1080. The average molecular weight is 384 g/mol. The molecule has 4 aromatic rings. The van der Waals surface area contributed by atoms with Crippen LogP contribution in [0.2, 0.25) is 0 Å². The van der Waals surface area contributed by atoms with Crippen LogP contribution in [0.15, 0.2) is 47.6 Å². The van der Waals surface area contributed by atoms with Crippen molar-refractivity contribution < 1.29 is 9.13 Å². The highest BCUT2D eigenvalue weighted by Gasteiger charge is 2.15. The fourth-order valence-corrected chi connectivity index (χ4v) is 3.74. The van der Waals surface area contributed by atoms with Gasteiger partial charge in [0.25, 0.3) is 0 Å². The van der Waals surface area contributed by atoms with E-state index in [1.807, 2.05) is 41.8 Å². The largest absolute Gasteiger partial charge is 0.497 e. The summed E-state index contributed by atoms with van der Waals surface area (Å²) in [6.07, 6.45) is 0. The molecule has 7 nitrogen and oxygen atoms in total. The molecule has 9 heteroatoms. The molecular weight excluding hydrogens is 367 g/mol. The lowest BCUT2D eigenvalue weighted by atomic mass is 10.3. The molecule has 138 valence electrons. The number of rotatable bonds is 6. The van der Waals surface area contributed by atoms with E-state index >= 15 is 0 Å². The molecule has 2 aromatic carbocycles. The third-order valence-electron chi connectivity index (χ3n) is 4.21.